The lowest BCUT2D eigenvalue weighted by atomic mass is 9.97. The largest absolute Gasteiger partial charge is 0.378 e. The van der Waals surface area contributed by atoms with Crippen LogP contribution < -0.4 is 11.1 Å². The van der Waals surface area contributed by atoms with Gasteiger partial charge in [0.1, 0.15) is 6.42 Å². The number of nitrogens with zero attached hydrogens (tertiary/aromatic N) is 4. The van der Waals surface area contributed by atoms with E-state index in [4.69, 9.17) is 11.0 Å². The van der Waals surface area contributed by atoms with Crippen LogP contribution in [0.2, 0.25) is 0 Å². The molecule has 3 N–H and O–H groups in total. The van der Waals surface area contributed by atoms with Crippen LogP contribution in [0.3, 0.4) is 0 Å². The Morgan fingerprint density at radius 3 is 2.93 bits per heavy atom. The molecular formula is C18H21BrN6O2. The number of fused-ring (bicyclic) bond motifs is 1. The molecule has 3 rings (SSSR count). The quantitative estimate of drug-likeness (QED) is 0.724. The van der Waals surface area contributed by atoms with Gasteiger partial charge in [0, 0.05) is 29.8 Å². The topological polar surface area (TPSA) is 117 Å². The van der Waals surface area contributed by atoms with Crippen molar-refractivity contribution in [2.45, 2.75) is 32.2 Å². The Labute approximate surface area is 165 Å². The maximum absolute atomic E-state index is 12.2. The second kappa shape index (κ2) is 7.96. The summed E-state index contributed by atoms with van der Waals surface area (Å²) in [7, 11) is 0. The van der Waals surface area contributed by atoms with Crippen molar-refractivity contribution in [3.8, 4) is 6.07 Å². The highest BCUT2D eigenvalue weighted by Gasteiger charge is 2.35. The molecule has 0 bridgehead atoms. The minimum atomic E-state index is -0.563. The lowest BCUT2D eigenvalue weighted by Gasteiger charge is -2.22. The van der Waals surface area contributed by atoms with Crippen LogP contribution >= 0.6 is 15.9 Å². The number of halogens is 1. The zero-order chi connectivity index (χ0) is 19.6. The van der Waals surface area contributed by atoms with Gasteiger partial charge >= 0.3 is 0 Å². The lowest BCUT2D eigenvalue weighted by molar-refractivity contribution is -0.129. The van der Waals surface area contributed by atoms with Gasteiger partial charge in [-0.2, -0.15) is 10.4 Å². The summed E-state index contributed by atoms with van der Waals surface area (Å²) in [4.78, 5) is 25.8. The van der Waals surface area contributed by atoms with Crippen molar-refractivity contribution in [2.24, 2.45) is 11.7 Å². The number of amides is 2. The van der Waals surface area contributed by atoms with E-state index in [0.717, 1.165) is 22.8 Å². The van der Waals surface area contributed by atoms with Crippen molar-refractivity contribution >= 4 is 38.9 Å². The number of nitriles is 1. The Bertz CT molecular complexity index is 918. The van der Waals surface area contributed by atoms with E-state index >= 15 is 0 Å². The predicted molar refractivity (Wildman–Crippen MR) is 104 cm³/mol. The molecule has 1 saturated heterocycles. The van der Waals surface area contributed by atoms with E-state index in [2.05, 4.69) is 33.3 Å². The van der Waals surface area contributed by atoms with Crippen LogP contribution in [0, 0.1) is 17.2 Å². The Morgan fingerprint density at radius 1 is 1.48 bits per heavy atom. The van der Waals surface area contributed by atoms with Gasteiger partial charge in [-0.05, 0) is 34.3 Å². The van der Waals surface area contributed by atoms with Crippen LogP contribution in [0.5, 0.6) is 0 Å². The lowest BCUT2D eigenvalue weighted by Crippen LogP contribution is -2.32. The van der Waals surface area contributed by atoms with Crippen molar-refractivity contribution in [1.29, 1.82) is 5.26 Å². The number of primary amides is 1. The summed E-state index contributed by atoms with van der Waals surface area (Å²) in [6, 6.07) is 3.75. The Balaban J connectivity index is 1.94. The second-order valence-corrected chi connectivity index (χ2v) is 7.63. The van der Waals surface area contributed by atoms with Crippen molar-refractivity contribution in [1.82, 2.24) is 14.5 Å². The summed E-state index contributed by atoms with van der Waals surface area (Å²) < 4.78 is 2.50. The van der Waals surface area contributed by atoms with E-state index in [1.165, 1.54) is 6.20 Å². The third kappa shape index (κ3) is 3.90. The standard InChI is InChI=1S/C18H21BrN6O2/c1-2-3-11-8-24(16(26)4-5-20)10-14(11)23-17-13(18(21)27)7-22-25-9-12(19)6-15(17)25/h6-7,9,11,14,23H,2-4,8,10H2,1H3,(H2,21,27)/t11-,14+/m0/s1. The smallest absolute Gasteiger partial charge is 0.252 e. The number of carbonyl (C=O) groups excluding carboxylic acids is 2. The summed E-state index contributed by atoms with van der Waals surface area (Å²) >= 11 is 3.43. The van der Waals surface area contributed by atoms with Crippen LogP contribution in [-0.4, -0.2) is 45.5 Å². The molecule has 27 heavy (non-hydrogen) atoms. The minimum absolute atomic E-state index is 0.0365. The first-order valence-electron chi connectivity index (χ1n) is 8.82. The van der Waals surface area contributed by atoms with Gasteiger partial charge in [0.2, 0.25) is 5.91 Å². The van der Waals surface area contributed by atoms with Crippen molar-refractivity contribution < 1.29 is 9.59 Å². The normalized spacial score (nSPS) is 19.2. The molecule has 2 aromatic rings. The van der Waals surface area contributed by atoms with Gasteiger partial charge in [-0.25, -0.2) is 4.52 Å². The van der Waals surface area contributed by atoms with Gasteiger partial charge < -0.3 is 16.0 Å². The SMILES string of the molecule is CCC[C@H]1CN(C(=O)CC#N)C[C@H]1Nc1c(C(N)=O)cnn2cc(Br)cc12. The van der Waals surface area contributed by atoms with Gasteiger partial charge in [0.05, 0.1) is 29.0 Å². The molecule has 1 fully saturated rings. The van der Waals surface area contributed by atoms with Crippen LogP contribution in [-0.2, 0) is 4.79 Å². The molecule has 142 valence electrons. The second-order valence-electron chi connectivity index (χ2n) is 6.72. The average Bonchev–Trinajstić information content (AvgIpc) is 3.18. The molecule has 1 aliphatic rings. The number of aromatic nitrogens is 2. The molecule has 0 aromatic carbocycles. The Kier molecular flexibility index (Phi) is 5.65. The van der Waals surface area contributed by atoms with Gasteiger partial charge in [-0.1, -0.05) is 13.3 Å². The molecule has 3 heterocycles. The molecule has 8 nitrogen and oxygen atoms in total. The van der Waals surface area contributed by atoms with Crippen LogP contribution in [0.4, 0.5) is 5.69 Å². The first kappa shape index (κ1) is 19.2. The highest BCUT2D eigenvalue weighted by molar-refractivity contribution is 9.10. The van der Waals surface area contributed by atoms with E-state index in [9.17, 15) is 9.59 Å². The Hall–Kier alpha value is -2.60. The molecule has 2 atom stereocenters. The number of carbonyl (C=O) groups is 2. The number of likely N-dealkylation sites (tertiary alicyclic amines) is 1. The van der Waals surface area contributed by atoms with Gasteiger partial charge in [-0.3, -0.25) is 9.59 Å². The number of hydrogen-bond donors (Lipinski definition) is 2. The molecule has 0 radical (unpaired) electrons. The summed E-state index contributed by atoms with van der Waals surface area (Å²) in [6.45, 7) is 3.18. The molecule has 0 unspecified atom stereocenters. The van der Waals surface area contributed by atoms with Gasteiger partial charge in [0.25, 0.3) is 5.91 Å². The number of rotatable bonds is 6. The molecule has 2 amide bonds. The summed E-state index contributed by atoms with van der Waals surface area (Å²) in [5, 5.41) is 16.5. The van der Waals surface area contributed by atoms with Gasteiger partial charge in [0.15, 0.2) is 0 Å². The van der Waals surface area contributed by atoms with E-state index in [-0.39, 0.29) is 24.3 Å². The first-order valence-corrected chi connectivity index (χ1v) is 9.61. The molecule has 2 aromatic heterocycles. The number of hydrogen-bond acceptors (Lipinski definition) is 5. The fraction of sp³-hybridized carbons (Fsp3) is 0.444. The maximum atomic E-state index is 12.2. The van der Waals surface area contributed by atoms with E-state index < -0.39 is 5.91 Å². The van der Waals surface area contributed by atoms with E-state index in [1.54, 1.807) is 15.6 Å². The molecule has 1 aliphatic heterocycles. The molecule has 0 spiro atoms. The summed E-state index contributed by atoms with van der Waals surface area (Å²) in [6.07, 6.45) is 5.04. The van der Waals surface area contributed by atoms with Crippen molar-refractivity contribution in [3.63, 3.8) is 0 Å². The molecule has 0 saturated carbocycles. The summed E-state index contributed by atoms with van der Waals surface area (Å²) in [5.41, 5.74) is 7.21. The van der Waals surface area contributed by atoms with Crippen molar-refractivity contribution in [2.75, 3.05) is 18.4 Å². The zero-order valence-electron chi connectivity index (χ0n) is 15.0. The molecule has 9 heteroatoms. The Morgan fingerprint density at radius 2 is 2.26 bits per heavy atom. The number of nitrogens with one attached hydrogen (secondary N) is 1. The third-order valence-electron chi connectivity index (χ3n) is 4.88. The number of anilines is 1. The first-order chi connectivity index (χ1) is 12.9. The third-order valence-corrected chi connectivity index (χ3v) is 5.32. The van der Waals surface area contributed by atoms with E-state index in [1.807, 2.05) is 12.1 Å². The number of nitrogens with two attached hydrogens (primary N) is 1. The zero-order valence-corrected chi connectivity index (χ0v) is 16.6. The molecule has 0 aliphatic carbocycles. The minimum Gasteiger partial charge on any atom is -0.378 e. The van der Waals surface area contributed by atoms with Crippen LogP contribution in [0.25, 0.3) is 5.52 Å². The fourth-order valence-electron chi connectivity index (χ4n) is 3.63. The van der Waals surface area contributed by atoms with Crippen molar-refractivity contribution in [3.05, 3.63) is 28.5 Å². The predicted octanol–water partition coefficient (Wildman–Crippen LogP) is 2.15. The maximum Gasteiger partial charge on any atom is 0.252 e. The van der Waals surface area contributed by atoms with Crippen LogP contribution in [0.15, 0.2) is 22.9 Å². The van der Waals surface area contributed by atoms with E-state index in [0.29, 0.717) is 24.3 Å². The van der Waals surface area contributed by atoms with Crippen LogP contribution in [0.1, 0.15) is 36.5 Å². The van der Waals surface area contributed by atoms with Gasteiger partial charge in [-0.15, -0.1) is 0 Å². The summed E-state index contributed by atoms with van der Waals surface area (Å²) in [5.74, 6) is -0.499. The molecular weight excluding hydrogens is 412 g/mol. The average molecular weight is 433 g/mol. The fourth-order valence-corrected chi connectivity index (χ4v) is 4.04. The monoisotopic (exact) mass is 432 g/mol. The highest BCUT2D eigenvalue weighted by Crippen LogP contribution is 2.30. The highest BCUT2D eigenvalue weighted by atomic mass is 79.9.